The highest BCUT2D eigenvalue weighted by Crippen LogP contribution is 2.35. The number of nitrogens with two attached hydrogens (primary N) is 1. The van der Waals surface area contributed by atoms with Crippen LogP contribution >= 0.6 is 11.6 Å². The molecule has 0 spiro atoms. The number of hydrogen-bond acceptors (Lipinski definition) is 3. The largest absolute Gasteiger partial charge is 0.397 e. The number of sulfonamides is 1. The first kappa shape index (κ1) is 16.6. The first-order valence-corrected chi connectivity index (χ1v) is 9.20. The summed E-state index contributed by atoms with van der Waals surface area (Å²) in [6.45, 7) is 6.03. The number of nitrogens with one attached hydrogen (secondary N) is 1. The Kier molecular flexibility index (Phi) is 4.85. The average molecular weight is 331 g/mol. The molecule has 3 atom stereocenters. The Morgan fingerprint density at radius 2 is 2.05 bits per heavy atom. The molecule has 1 aromatic rings. The summed E-state index contributed by atoms with van der Waals surface area (Å²) in [4.78, 5) is 0.189. The smallest absolute Gasteiger partial charge is 0.240 e. The standard InChI is InChI=1S/C15H23ClN2O2S/c1-4-11-5-6-14(10(11)3)18-21(19,20)12-7-9(2)15(16)13(17)8-12/h7-8,10-11,14,18H,4-6,17H2,1-3H3. The molecular weight excluding hydrogens is 308 g/mol. The molecule has 3 N–H and O–H groups in total. The zero-order valence-electron chi connectivity index (χ0n) is 12.7. The lowest BCUT2D eigenvalue weighted by atomic mass is 9.94. The monoisotopic (exact) mass is 330 g/mol. The average Bonchev–Trinajstić information content (AvgIpc) is 2.75. The maximum atomic E-state index is 12.5. The second-order valence-corrected chi connectivity index (χ2v) is 8.07. The second kappa shape index (κ2) is 6.15. The topological polar surface area (TPSA) is 72.2 Å². The van der Waals surface area contributed by atoms with Gasteiger partial charge in [0.25, 0.3) is 0 Å². The molecule has 2 rings (SSSR count). The number of aryl methyl sites for hydroxylation is 1. The Hall–Kier alpha value is -0.780. The van der Waals surface area contributed by atoms with Gasteiger partial charge in [0.15, 0.2) is 0 Å². The molecule has 3 unspecified atom stereocenters. The summed E-state index contributed by atoms with van der Waals surface area (Å²) in [5.41, 5.74) is 6.74. The molecule has 1 aliphatic carbocycles. The highest BCUT2D eigenvalue weighted by Gasteiger charge is 2.34. The molecule has 4 nitrogen and oxygen atoms in total. The lowest BCUT2D eigenvalue weighted by Gasteiger charge is -2.21. The number of nitrogen functional groups attached to an aromatic ring is 1. The van der Waals surface area contributed by atoms with Crippen molar-refractivity contribution in [3.63, 3.8) is 0 Å². The quantitative estimate of drug-likeness (QED) is 0.832. The number of anilines is 1. The predicted octanol–water partition coefficient (Wildman–Crippen LogP) is 3.33. The van der Waals surface area contributed by atoms with Gasteiger partial charge >= 0.3 is 0 Å². The fourth-order valence-electron chi connectivity index (χ4n) is 3.18. The van der Waals surface area contributed by atoms with E-state index in [1.807, 2.05) is 0 Å². The van der Waals surface area contributed by atoms with Crippen molar-refractivity contribution in [2.75, 3.05) is 5.73 Å². The Bertz CT molecular complexity index is 608. The summed E-state index contributed by atoms with van der Waals surface area (Å²) in [5.74, 6) is 0.949. The molecule has 0 bridgehead atoms. The first-order chi connectivity index (χ1) is 9.76. The number of hydrogen-bond donors (Lipinski definition) is 2. The maximum absolute atomic E-state index is 12.5. The van der Waals surface area contributed by atoms with Crippen molar-refractivity contribution in [3.8, 4) is 0 Å². The molecule has 0 heterocycles. The van der Waals surface area contributed by atoms with Crippen molar-refractivity contribution >= 4 is 27.3 Å². The fraction of sp³-hybridized carbons (Fsp3) is 0.600. The molecule has 0 amide bonds. The summed E-state index contributed by atoms with van der Waals surface area (Å²) < 4.78 is 27.9. The maximum Gasteiger partial charge on any atom is 0.240 e. The van der Waals surface area contributed by atoms with Crippen LogP contribution in [-0.2, 0) is 10.0 Å². The van der Waals surface area contributed by atoms with Crippen molar-refractivity contribution in [2.45, 2.75) is 51.0 Å². The van der Waals surface area contributed by atoms with Crippen LogP contribution in [0.1, 0.15) is 38.7 Å². The van der Waals surface area contributed by atoms with E-state index in [2.05, 4.69) is 18.6 Å². The summed E-state index contributed by atoms with van der Waals surface area (Å²) in [6.07, 6.45) is 3.06. The van der Waals surface area contributed by atoms with E-state index < -0.39 is 10.0 Å². The van der Waals surface area contributed by atoms with Gasteiger partial charge in [-0.05, 0) is 49.3 Å². The van der Waals surface area contributed by atoms with Crippen molar-refractivity contribution in [2.24, 2.45) is 11.8 Å². The van der Waals surface area contributed by atoms with Crippen LogP contribution in [-0.4, -0.2) is 14.5 Å². The third kappa shape index (κ3) is 3.35. The summed E-state index contributed by atoms with van der Waals surface area (Å²) >= 11 is 5.99. The molecule has 1 saturated carbocycles. The van der Waals surface area contributed by atoms with Gasteiger partial charge in [-0.15, -0.1) is 0 Å². The number of benzene rings is 1. The summed E-state index contributed by atoms with van der Waals surface area (Å²) in [7, 11) is -3.56. The minimum absolute atomic E-state index is 0.00263. The van der Waals surface area contributed by atoms with Gasteiger partial charge in [-0.3, -0.25) is 0 Å². The zero-order valence-corrected chi connectivity index (χ0v) is 14.3. The minimum Gasteiger partial charge on any atom is -0.397 e. The van der Waals surface area contributed by atoms with Crippen LogP contribution in [0.5, 0.6) is 0 Å². The lowest BCUT2D eigenvalue weighted by molar-refractivity contribution is 0.368. The molecule has 118 valence electrons. The lowest BCUT2D eigenvalue weighted by Crippen LogP contribution is -2.37. The molecule has 21 heavy (non-hydrogen) atoms. The molecule has 0 saturated heterocycles. The third-order valence-corrected chi connectivity index (χ3v) is 6.61. The molecule has 1 fully saturated rings. The Balaban J connectivity index is 2.24. The summed E-state index contributed by atoms with van der Waals surface area (Å²) in [5, 5.41) is 0.411. The van der Waals surface area contributed by atoms with Crippen molar-refractivity contribution in [1.82, 2.24) is 4.72 Å². The highest BCUT2D eigenvalue weighted by atomic mass is 35.5. The third-order valence-electron chi connectivity index (χ3n) is 4.62. The van der Waals surface area contributed by atoms with Gasteiger partial charge in [-0.2, -0.15) is 0 Å². The number of rotatable bonds is 4. The van der Waals surface area contributed by atoms with E-state index in [0.29, 0.717) is 28.1 Å². The van der Waals surface area contributed by atoms with Crippen molar-refractivity contribution in [3.05, 3.63) is 22.7 Å². The summed E-state index contributed by atoms with van der Waals surface area (Å²) in [6, 6.07) is 2.99. The molecule has 0 radical (unpaired) electrons. The van der Waals surface area contributed by atoms with Crippen LogP contribution in [0.3, 0.4) is 0 Å². The Labute approximate surface area is 132 Å². The van der Waals surface area contributed by atoms with Crippen molar-refractivity contribution in [1.29, 1.82) is 0 Å². The molecular formula is C15H23ClN2O2S. The van der Waals surface area contributed by atoms with E-state index in [9.17, 15) is 8.42 Å². The zero-order chi connectivity index (χ0) is 15.8. The van der Waals surface area contributed by atoms with Gasteiger partial charge in [0.05, 0.1) is 15.6 Å². The van der Waals surface area contributed by atoms with Crippen LogP contribution < -0.4 is 10.5 Å². The van der Waals surface area contributed by atoms with Gasteiger partial charge < -0.3 is 5.73 Å². The predicted molar refractivity (Wildman–Crippen MR) is 86.9 cm³/mol. The van der Waals surface area contributed by atoms with Gasteiger partial charge in [-0.25, -0.2) is 13.1 Å². The van der Waals surface area contributed by atoms with Gasteiger partial charge in [-0.1, -0.05) is 31.9 Å². The van der Waals surface area contributed by atoms with Gasteiger partial charge in [0.1, 0.15) is 0 Å². The van der Waals surface area contributed by atoms with E-state index in [1.165, 1.54) is 6.07 Å². The van der Waals surface area contributed by atoms with Crippen LogP contribution in [0.2, 0.25) is 5.02 Å². The number of halogens is 1. The second-order valence-electron chi connectivity index (χ2n) is 5.98. The van der Waals surface area contributed by atoms with E-state index in [-0.39, 0.29) is 10.9 Å². The van der Waals surface area contributed by atoms with E-state index in [0.717, 1.165) is 19.3 Å². The molecule has 0 aliphatic heterocycles. The molecule has 6 heteroatoms. The van der Waals surface area contributed by atoms with Crippen LogP contribution in [0.15, 0.2) is 17.0 Å². The van der Waals surface area contributed by atoms with E-state index in [4.69, 9.17) is 17.3 Å². The molecule has 1 aliphatic rings. The van der Waals surface area contributed by atoms with E-state index >= 15 is 0 Å². The normalized spacial score (nSPS) is 26.2. The van der Waals surface area contributed by atoms with Crippen LogP contribution in [0.4, 0.5) is 5.69 Å². The van der Waals surface area contributed by atoms with Crippen LogP contribution in [0.25, 0.3) is 0 Å². The fourth-order valence-corrected chi connectivity index (χ4v) is 4.77. The highest BCUT2D eigenvalue weighted by molar-refractivity contribution is 7.89. The van der Waals surface area contributed by atoms with Crippen molar-refractivity contribution < 1.29 is 8.42 Å². The molecule has 0 aromatic heterocycles. The Morgan fingerprint density at radius 3 is 2.57 bits per heavy atom. The first-order valence-electron chi connectivity index (χ1n) is 7.34. The SMILES string of the molecule is CCC1CCC(NS(=O)(=O)c2cc(C)c(Cl)c(N)c2)C1C. The minimum atomic E-state index is -3.56. The van der Waals surface area contributed by atoms with Gasteiger partial charge in [0.2, 0.25) is 10.0 Å². The Morgan fingerprint density at radius 1 is 1.38 bits per heavy atom. The van der Waals surface area contributed by atoms with E-state index in [1.54, 1.807) is 13.0 Å². The molecule has 1 aromatic carbocycles. The van der Waals surface area contributed by atoms with Crippen LogP contribution in [0, 0.1) is 18.8 Å². The van der Waals surface area contributed by atoms with Gasteiger partial charge in [0, 0.05) is 6.04 Å².